The van der Waals surface area contributed by atoms with Gasteiger partial charge in [0.25, 0.3) is 0 Å². The number of ketones is 1. The molecule has 0 aromatic carbocycles. The van der Waals surface area contributed by atoms with Crippen LogP contribution >= 0.6 is 12.6 Å². The van der Waals surface area contributed by atoms with Gasteiger partial charge >= 0.3 is 5.97 Å². The second-order valence-electron chi connectivity index (χ2n) is 10.9. The normalized spacial score (nSPS) is 46.3. The first kappa shape index (κ1) is 24.4. The number of fused-ring (bicyclic) bond motifs is 5. The molecule has 1 N–H and O–H groups in total. The number of aliphatic hydroxyl groups is 1. The van der Waals surface area contributed by atoms with Crippen molar-refractivity contribution in [3.8, 4) is 0 Å². The van der Waals surface area contributed by atoms with E-state index < -0.39 is 69.0 Å². The summed E-state index contributed by atoms with van der Waals surface area (Å²) in [6.45, 7) is 4.93. The van der Waals surface area contributed by atoms with Gasteiger partial charge in [0.2, 0.25) is 10.9 Å². The van der Waals surface area contributed by atoms with Gasteiger partial charge in [0.15, 0.2) is 17.1 Å². The molecule has 3 fully saturated rings. The van der Waals surface area contributed by atoms with Crippen molar-refractivity contribution in [2.24, 2.45) is 28.6 Å². The third-order valence-electron chi connectivity index (χ3n) is 9.46. The maximum Gasteiger partial charge on any atom is 0.375 e. The van der Waals surface area contributed by atoms with E-state index in [9.17, 15) is 19.5 Å². The average molecular weight is 507 g/mol. The van der Waals surface area contributed by atoms with Crippen molar-refractivity contribution in [1.82, 2.24) is 0 Å². The number of aliphatic hydroxyl groups excluding tert-OH is 1. The van der Waals surface area contributed by atoms with E-state index >= 15 is 8.78 Å². The van der Waals surface area contributed by atoms with E-state index in [1.54, 1.807) is 13.8 Å². The lowest BCUT2D eigenvalue weighted by molar-refractivity contribution is -0.221. The molecule has 0 saturated heterocycles. The number of alkyl halides is 2. The second kappa shape index (κ2) is 7.62. The fraction of sp³-hybridized carbons (Fsp3) is 0.577. The minimum Gasteiger partial charge on any atom is -0.457 e. The smallest absolute Gasteiger partial charge is 0.375 e. The van der Waals surface area contributed by atoms with Crippen molar-refractivity contribution in [1.29, 1.82) is 0 Å². The largest absolute Gasteiger partial charge is 0.457 e. The van der Waals surface area contributed by atoms with Gasteiger partial charge in [-0.2, -0.15) is 0 Å². The molecule has 0 amide bonds. The summed E-state index contributed by atoms with van der Waals surface area (Å²) in [5, 5.41) is 10.7. The Morgan fingerprint density at radius 2 is 1.97 bits per heavy atom. The van der Waals surface area contributed by atoms with Crippen LogP contribution in [0.4, 0.5) is 8.78 Å². The predicted octanol–water partition coefficient (Wildman–Crippen LogP) is 4.20. The lowest BCUT2D eigenvalue weighted by Crippen LogP contribution is -2.70. The van der Waals surface area contributed by atoms with Crippen LogP contribution in [-0.2, 0) is 14.3 Å². The number of carbonyl (C=O) groups excluding carboxylic acids is 3. The standard InChI is InChI=1S/C26H28F2O6S/c1-13-9-15-16-11-18(27)17-10-14(29)6-7-23(17,2)25(16,28)20(30)12-24(15,3)26(13,22(32)35)34-21(31)19-5-4-8-33-19/h4-8,10,13,15-16,18,20,30H,9,11-12H2,1-3H3,(H,32,35)/t13-,15?,16?,18-,20+,23+,24+,25-,26+/m1/s1. The molecule has 35 heavy (non-hydrogen) atoms. The van der Waals surface area contributed by atoms with E-state index in [0.717, 1.165) is 6.08 Å². The van der Waals surface area contributed by atoms with Gasteiger partial charge < -0.3 is 14.3 Å². The Bertz CT molecular complexity index is 1160. The van der Waals surface area contributed by atoms with Crippen molar-refractivity contribution in [3.05, 3.63) is 48.0 Å². The molecule has 188 valence electrons. The summed E-state index contributed by atoms with van der Waals surface area (Å²) in [7, 11) is 0. The van der Waals surface area contributed by atoms with Gasteiger partial charge in [0, 0.05) is 22.7 Å². The minimum atomic E-state index is -2.29. The molecular weight excluding hydrogens is 478 g/mol. The summed E-state index contributed by atoms with van der Waals surface area (Å²) < 4.78 is 43.8. The number of hydrogen-bond acceptors (Lipinski definition) is 6. The molecule has 1 heterocycles. The number of halogens is 2. The Morgan fingerprint density at radius 3 is 2.60 bits per heavy atom. The fourth-order valence-electron chi connectivity index (χ4n) is 7.83. The first-order chi connectivity index (χ1) is 16.3. The van der Waals surface area contributed by atoms with Crippen LogP contribution in [0.15, 0.2) is 46.6 Å². The van der Waals surface area contributed by atoms with E-state index in [-0.39, 0.29) is 30.6 Å². The predicted molar refractivity (Wildman–Crippen MR) is 124 cm³/mol. The summed E-state index contributed by atoms with van der Waals surface area (Å²) >= 11 is 4.11. The number of ether oxygens (including phenoxy) is 1. The van der Waals surface area contributed by atoms with E-state index in [0.29, 0.717) is 0 Å². The Hall–Kier alpha value is -2.26. The molecule has 9 atom stereocenters. The van der Waals surface area contributed by atoms with Gasteiger partial charge in [-0.15, -0.1) is 12.6 Å². The van der Waals surface area contributed by atoms with Crippen molar-refractivity contribution in [2.45, 2.75) is 63.6 Å². The van der Waals surface area contributed by atoms with Crippen LogP contribution in [0.3, 0.4) is 0 Å². The van der Waals surface area contributed by atoms with E-state index in [1.807, 2.05) is 0 Å². The molecule has 0 aliphatic heterocycles. The average Bonchev–Trinajstić information content (AvgIpc) is 3.39. The van der Waals surface area contributed by atoms with Crippen LogP contribution in [0, 0.1) is 28.6 Å². The number of esters is 1. The molecule has 4 aliphatic carbocycles. The summed E-state index contributed by atoms with van der Waals surface area (Å²) in [6.07, 6.45) is 1.58. The van der Waals surface area contributed by atoms with Crippen LogP contribution in [0.5, 0.6) is 0 Å². The second-order valence-corrected chi connectivity index (χ2v) is 11.3. The molecule has 3 saturated carbocycles. The van der Waals surface area contributed by atoms with Gasteiger partial charge in [-0.3, -0.25) is 9.59 Å². The molecule has 1 aromatic rings. The Kier molecular flexibility index (Phi) is 5.32. The molecule has 0 bridgehead atoms. The van der Waals surface area contributed by atoms with Crippen molar-refractivity contribution in [2.75, 3.05) is 0 Å². The molecule has 0 radical (unpaired) electrons. The lowest BCUT2D eigenvalue weighted by atomic mass is 9.44. The number of rotatable bonds is 3. The molecule has 0 spiro atoms. The first-order valence-corrected chi connectivity index (χ1v) is 12.2. The number of furan rings is 1. The molecule has 2 unspecified atom stereocenters. The molecule has 9 heteroatoms. The SMILES string of the molecule is C[C@@H]1CC2C3C[C@@H](F)C4=CC(=O)C=C[C@]4(C)[C@]3(F)[C@@H](O)C[C@]2(C)[C@@]1(OC(=O)c1ccco1)C(=O)S. The van der Waals surface area contributed by atoms with Crippen molar-refractivity contribution >= 4 is 29.5 Å². The maximum atomic E-state index is 17.3. The maximum absolute atomic E-state index is 17.3. The van der Waals surface area contributed by atoms with Gasteiger partial charge in [0.1, 0.15) is 6.17 Å². The number of carbonyl (C=O) groups is 3. The van der Waals surface area contributed by atoms with Crippen molar-refractivity contribution < 1.29 is 37.4 Å². The van der Waals surface area contributed by atoms with E-state index in [1.165, 1.54) is 37.5 Å². The van der Waals surface area contributed by atoms with Gasteiger partial charge in [0.05, 0.1) is 12.4 Å². The number of allylic oxidation sites excluding steroid dienone is 4. The number of thiol groups is 1. The third kappa shape index (κ3) is 2.88. The van der Waals surface area contributed by atoms with Crippen LogP contribution < -0.4 is 0 Å². The zero-order chi connectivity index (χ0) is 25.6. The monoisotopic (exact) mass is 506 g/mol. The van der Waals surface area contributed by atoms with E-state index in [2.05, 4.69) is 12.6 Å². The van der Waals surface area contributed by atoms with Crippen molar-refractivity contribution in [3.63, 3.8) is 0 Å². The highest BCUT2D eigenvalue weighted by molar-refractivity contribution is 7.96. The van der Waals surface area contributed by atoms with Crippen LogP contribution in [-0.4, -0.2) is 45.5 Å². The minimum absolute atomic E-state index is 0.0261. The molecule has 4 aliphatic rings. The Labute approximate surface area is 207 Å². The Balaban J connectivity index is 1.62. The molecule has 6 nitrogen and oxygen atoms in total. The van der Waals surface area contributed by atoms with Crippen LogP contribution in [0.25, 0.3) is 0 Å². The molecule has 1 aromatic heterocycles. The van der Waals surface area contributed by atoms with Gasteiger partial charge in [-0.1, -0.05) is 19.9 Å². The highest BCUT2D eigenvalue weighted by Gasteiger charge is 2.78. The zero-order valence-corrected chi connectivity index (χ0v) is 20.6. The fourth-order valence-corrected chi connectivity index (χ4v) is 8.35. The first-order valence-electron chi connectivity index (χ1n) is 11.8. The quantitative estimate of drug-likeness (QED) is 0.472. The van der Waals surface area contributed by atoms with Gasteiger partial charge in [-0.25, -0.2) is 13.6 Å². The summed E-state index contributed by atoms with van der Waals surface area (Å²) in [4.78, 5) is 38.0. The topological polar surface area (TPSA) is 93.8 Å². The zero-order valence-electron chi connectivity index (χ0n) is 19.7. The summed E-state index contributed by atoms with van der Waals surface area (Å²) in [5.41, 5.74) is -6.80. The molecular formula is C26H28F2O6S. The summed E-state index contributed by atoms with van der Waals surface area (Å²) in [6, 6.07) is 2.91. The molecule has 5 rings (SSSR count). The van der Waals surface area contributed by atoms with Crippen LogP contribution in [0.2, 0.25) is 0 Å². The summed E-state index contributed by atoms with van der Waals surface area (Å²) in [5.74, 6) is -3.57. The van der Waals surface area contributed by atoms with Gasteiger partial charge in [-0.05, 0) is 62.0 Å². The van der Waals surface area contributed by atoms with E-state index in [4.69, 9.17) is 9.15 Å². The number of hydrogen-bond donors (Lipinski definition) is 2. The third-order valence-corrected chi connectivity index (χ3v) is 9.79. The Morgan fingerprint density at radius 1 is 1.26 bits per heavy atom. The highest BCUT2D eigenvalue weighted by atomic mass is 32.1. The highest BCUT2D eigenvalue weighted by Crippen LogP contribution is 2.71. The lowest BCUT2D eigenvalue weighted by Gasteiger charge is -2.63. The van der Waals surface area contributed by atoms with Crippen LogP contribution in [0.1, 0.15) is 50.6 Å².